The molecule has 0 radical (unpaired) electrons. The van der Waals surface area contributed by atoms with Crippen molar-refractivity contribution in [1.29, 1.82) is 0 Å². The second-order valence-electron chi connectivity index (χ2n) is 33.3. The fourth-order valence-corrected chi connectivity index (χ4v) is 32.9. The summed E-state index contributed by atoms with van der Waals surface area (Å²) in [5.41, 5.74) is -1.86. The maximum atomic E-state index is 18.1. The van der Waals surface area contributed by atoms with Crippen molar-refractivity contribution >= 4 is 61.9 Å². The Balaban J connectivity index is 0.000000259. The van der Waals surface area contributed by atoms with Gasteiger partial charge in [0.05, 0.1) is 0 Å². The van der Waals surface area contributed by atoms with E-state index in [0.29, 0.717) is 66.9 Å². The van der Waals surface area contributed by atoms with Crippen LogP contribution in [-0.4, -0.2) is 49.8 Å². The standard InChI is InChI=1S/2C20H22F2NO.2C17H24F2NO.4C5H5.2Ti/c2*1-20(2,3)19(24)23(18-12-11-16(21)14-17(18)22)13-7-10-15-8-5-4-6-9-15;2*1-5-7-11-20(16(21)17(3,4)10-6-2)15-9-8-13(18)12-14(15)19;4*1-2-4-5-3-1;;/h2*4-6,8-9,11-12H,7,10,13H2,1-3H3;2*8-9H,5-7,10-11H2,1-4H3;4*1-3H,4H2;;. The van der Waals surface area contributed by atoms with E-state index in [2.05, 4.69) is 0 Å². The molecule has 596 valence electrons. The van der Waals surface area contributed by atoms with Gasteiger partial charge in [-0.1, -0.05) is 0 Å². The summed E-state index contributed by atoms with van der Waals surface area (Å²) >= 11 is -10.6. The van der Waals surface area contributed by atoms with Crippen LogP contribution in [-0.2, 0) is 65.2 Å². The van der Waals surface area contributed by atoms with Crippen LogP contribution in [0.5, 0.6) is 0 Å². The minimum atomic E-state index is -5.35. The van der Waals surface area contributed by atoms with Crippen molar-refractivity contribution < 1.29 is 87.5 Å². The Kier molecular flexibility index (Phi) is 29.8. The first-order valence-electron chi connectivity index (χ1n) is 40.0. The summed E-state index contributed by atoms with van der Waals surface area (Å²) in [6.07, 6.45) is 29.8. The molecule has 4 amide bonds. The molecular weight excluding hydrogens is 1500 g/mol. The summed E-state index contributed by atoms with van der Waals surface area (Å²) in [4.78, 5) is 62.5. The molecule has 0 unspecified atom stereocenters. The van der Waals surface area contributed by atoms with E-state index >= 15 is 35.1 Å². The molecule has 0 bridgehead atoms. The molecule has 0 atom stereocenters. The van der Waals surface area contributed by atoms with E-state index in [1.807, 2.05) is 140 Å². The van der Waals surface area contributed by atoms with Crippen molar-refractivity contribution in [2.24, 2.45) is 21.7 Å². The van der Waals surface area contributed by atoms with Crippen molar-refractivity contribution in [2.75, 3.05) is 45.8 Å². The van der Waals surface area contributed by atoms with Gasteiger partial charge in [-0.15, -0.1) is 0 Å². The molecular formula is C94H112F8N4O4Ti2. The van der Waals surface area contributed by atoms with Gasteiger partial charge in [0, 0.05) is 0 Å². The summed E-state index contributed by atoms with van der Waals surface area (Å²) in [5, 5.41) is 0. The summed E-state index contributed by atoms with van der Waals surface area (Å²) in [6, 6.07) is 29.2. The number of allylic oxidation sites excluding steroid dienone is 16. The summed E-state index contributed by atoms with van der Waals surface area (Å²) in [6.45, 7) is 26.4. The number of carbonyl (C=O) groups excluding carboxylic acids is 4. The third kappa shape index (κ3) is 18.7. The number of unbranched alkanes of at least 4 members (excludes halogenated alkanes) is 2. The van der Waals surface area contributed by atoms with Gasteiger partial charge in [0.1, 0.15) is 0 Å². The van der Waals surface area contributed by atoms with Crippen molar-refractivity contribution in [3.63, 3.8) is 0 Å². The van der Waals surface area contributed by atoms with E-state index in [1.54, 1.807) is 90.2 Å². The van der Waals surface area contributed by atoms with E-state index in [-0.39, 0.29) is 106 Å². The zero-order valence-corrected chi connectivity index (χ0v) is 71.0. The summed E-state index contributed by atoms with van der Waals surface area (Å²) in [7, 11) is 0. The van der Waals surface area contributed by atoms with Gasteiger partial charge in [0.25, 0.3) is 0 Å². The van der Waals surface area contributed by atoms with E-state index in [1.165, 1.54) is 43.9 Å². The quantitative estimate of drug-likeness (QED) is 0.0311. The number of aryl methyl sites for hydroxylation is 2. The first kappa shape index (κ1) is 87.9. The zero-order valence-electron chi connectivity index (χ0n) is 67.9. The third-order valence-electron chi connectivity index (χ3n) is 22.0. The molecule has 4 aliphatic rings. The van der Waals surface area contributed by atoms with Crippen molar-refractivity contribution in [1.82, 2.24) is 0 Å². The summed E-state index contributed by atoms with van der Waals surface area (Å²) < 4.78 is 141. The molecule has 8 nitrogen and oxygen atoms in total. The van der Waals surface area contributed by atoms with Crippen LogP contribution < -0.4 is 35.1 Å². The number of benzene rings is 6. The minimum absolute atomic E-state index is 0.0878. The van der Waals surface area contributed by atoms with Gasteiger partial charge in [0.15, 0.2) is 0 Å². The monoisotopic (exact) mass is 1610 g/mol. The van der Waals surface area contributed by atoms with E-state index < -0.39 is 109 Å². The number of halogens is 8. The average Bonchev–Trinajstić information content (AvgIpc) is 1.21. The second kappa shape index (κ2) is 38.0. The molecule has 6 aromatic carbocycles. The molecule has 0 saturated heterocycles. The van der Waals surface area contributed by atoms with E-state index in [0.717, 1.165) is 61.1 Å². The number of hydrogen-bond acceptors (Lipinski definition) is 4. The number of carbonyl (C=O) groups is 4. The molecule has 0 spiro atoms. The molecule has 0 fully saturated rings. The van der Waals surface area contributed by atoms with Crippen molar-refractivity contribution in [2.45, 2.75) is 200 Å². The number of anilines is 4. The number of hydrogen-bond donors (Lipinski definition) is 0. The van der Waals surface area contributed by atoms with Crippen LogP contribution in [0, 0.1) is 68.2 Å². The Hall–Kier alpha value is -8.01. The predicted octanol–water partition coefficient (Wildman–Crippen LogP) is 22.0. The Bertz CT molecular complexity index is 4380. The second-order valence-corrected chi connectivity index (χ2v) is 45.1. The molecule has 112 heavy (non-hydrogen) atoms. The van der Waals surface area contributed by atoms with Gasteiger partial charge in [-0.25, -0.2) is 0 Å². The normalized spacial score (nSPS) is 14.3. The zero-order chi connectivity index (χ0) is 81.7. The predicted molar refractivity (Wildman–Crippen MR) is 436 cm³/mol. The molecule has 0 aliphatic heterocycles. The van der Waals surface area contributed by atoms with E-state index in [4.69, 9.17) is 0 Å². The molecule has 0 saturated carbocycles. The van der Waals surface area contributed by atoms with Gasteiger partial charge < -0.3 is 0 Å². The fraction of sp³-hybridized carbons (Fsp3) is 0.404. The van der Waals surface area contributed by atoms with Crippen LogP contribution in [0.4, 0.5) is 57.9 Å². The van der Waals surface area contributed by atoms with Gasteiger partial charge in [0.2, 0.25) is 0 Å². The first-order valence-corrected chi connectivity index (χ1v) is 46.2. The van der Waals surface area contributed by atoms with E-state index in [9.17, 15) is 19.2 Å². The molecule has 0 N–H and O–H groups in total. The number of amides is 4. The molecule has 0 aromatic heterocycles. The third-order valence-corrected chi connectivity index (χ3v) is 37.9. The Labute approximate surface area is 667 Å². The molecule has 0 heterocycles. The fourth-order valence-electron chi connectivity index (χ4n) is 16.4. The van der Waals surface area contributed by atoms with Crippen molar-refractivity contribution in [3.8, 4) is 0 Å². The molecule has 18 heteroatoms. The van der Waals surface area contributed by atoms with Crippen LogP contribution in [0.25, 0.3) is 0 Å². The van der Waals surface area contributed by atoms with Gasteiger partial charge in [-0.2, -0.15) is 0 Å². The number of rotatable bonds is 32. The van der Waals surface area contributed by atoms with Crippen LogP contribution in [0.2, 0.25) is 0 Å². The number of nitrogens with zero attached hydrogens (tertiary/aromatic N) is 4. The van der Waals surface area contributed by atoms with Gasteiger partial charge in [-0.05, 0) is 0 Å². The molecule has 4 aliphatic carbocycles. The average molecular weight is 1610 g/mol. The van der Waals surface area contributed by atoms with Crippen LogP contribution >= 0.6 is 0 Å². The summed E-state index contributed by atoms with van der Waals surface area (Å²) in [5.74, 6) is -8.92. The van der Waals surface area contributed by atoms with Crippen LogP contribution in [0.1, 0.15) is 198 Å². The van der Waals surface area contributed by atoms with Crippen molar-refractivity contribution in [3.05, 3.63) is 255 Å². The Morgan fingerprint density at radius 2 is 0.580 bits per heavy atom. The Morgan fingerprint density at radius 1 is 0.330 bits per heavy atom. The SMILES string of the molecule is CC(C)(C)C(=O)N(CCCc1ccccc1)c1ccc(F)[c]([Ti]([C]2=CC=CC2)([C]2=CC=CC2)[c]2c(F)ccc(N(CCCc3ccccc3)C(=O)C(C)(C)C)c2F)c1F.CCCCN(C(=O)C(C)(C)CCC)c1ccc(F)[c]([Ti]([C]2=CC=CC2)([C]2=CC=CC2)[c]2c(F)ccc(N(CCCC)C(=O)C(C)(C)CCC)c2F)c1F. The maximum absolute atomic E-state index is 18.1. The Morgan fingerprint density at radius 3 is 0.804 bits per heavy atom. The van der Waals surface area contributed by atoms with Gasteiger partial charge in [-0.3, -0.25) is 0 Å². The van der Waals surface area contributed by atoms with Gasteiger partial charge >= 0.3 is 672 Å². The first-order chi connectivity index (χ1) is 53.2. The van der Waals surface area contributed by atoms with Crippen LogP contribution in [0.15, 0.2) is 198 Å². The molecule has 10 rings (SSSR count). The topological polar surface area (TPSA) is 81.2 Å². The van der Waals surface area contributed by atoms with Crippen LogP contribution in [0.3, 0.4) is 0 Å². The molecule has 6 aromatic rings.